The standard InChI is InChI=1S/C16H13BrN2OS/c1-19-15(20)13-7-2-3-8-14(13)18-16(19)21-10-11-5-4-6-12(17)9-11/h2-9H,10H2,1H3. The van der Waals surface area contributed by atoms with Gasteiger partial charge in [0.15, 0.2) is 5.16 Å². The maximum atomic E-state index is 12.3. The molecule has 0 fully saturated rings. The molecular formula is C16H13BrN2OS. The van der Waals surface area contributed by atoms with Crippen molar-refractivity contribution in [3.63, 3.8) is 0 Å². The van der Waals surface area contributed by atoms with Crippen molar-refractivity contribution in [2.24, 2.45) is 7.05 Å². The van der Waals surface area contributed by atoms with Gasteiger partial charge in [-0.05, 0) is 29.8 Å². The number of benzene rings is 2. The molecule has 1 aromatic heterocycles. The largest absolute Gasteiger partial charge is 0.290 e. The Morgan fingerprint density at radius 3 is 2.81 bits per heavy atom. The number of rotatable bonds is 3. The lowest BCUT2D eigenvalue weighted by Crippen LogP contribution is -2.19. The van der Waals surface area contributed by atoms with Crippen LogP contribution in [0.4, 0.5) is 0 Å². The zero-order valence-corrected chi connectivity index (χ0v) is 13.8. The fourth-order valence-electron chi connectivity index (χ4n) is 2.10. The van der Waals surface area contributed by atoms with Gasteiger partial charge in [-0.25, -0.2) is 4.98 Å². The molecule has 106 valence electrons. The molecule has 0 N–H and O–H groups in total. The summed E-state index contributed by atoms with van der Waals surface area (Å²) >= 11 is 5.04. The predicted octanol–water partition coefficient (Wildman–Crippen LogP) is 3.99. The smallest absolute Gasteiger partial charge is 0.261 e. The summed E-state index contributed by atoms with van der Waals surface area (Å²) in [5, 5.41) is 1.39. The van der Waals surface area contributed by atoms with E-state index in [2.05, 4.69) is 33.0 Å². The molecule has 0 amide bonds. The molecule has 0 saturated heterocycles. The van der Waals surface area contributed by atoms with E-state index < -0.39 is 0 Å². The van der Waals surface area contributed by atoms with Gasteiger partial charge >= 0.3 is 0 Å². The third-order valence-corrected chi connectivity index (χ3v) is 4.79. The van der Waals surface area contributed by atoms with E-state index in [0.29, 0.717) is 5.39 Å². The van der Waals surface area contributed by atoms with Gasteiger partial charge in [0.2, 0.25) is 0 Å². The van der Waals surface area contributed by atoms with Gasteiger partial charge in [-0.1, -0.05) is 52.0 Å². The van der Waals surface area contributed by atoms with Crippen molar-refractivity contribution in [1.82, 2.24) is 9.55 Å². The molecule has 1 heterocycles. The number of thioether (sulfide) groups is 1. The fraction of sp³-hybridized carbons (Fsp3) is 0.125. The molecular weight excluding hydrogens is 348 g/mol. The Bertz CT molecular complexity index is 860. The molecule has 3 rings (SSSR count). The van der Waals surface area contributed by atoms with E-state index in [1.165, 1.54) is 5.56 Å². The molecule has 0 bridgehead atoms. The highest BCUT2D eigenvalue weighted by atomic mass is 79.9. The van der Waals surface area contributed by atoms with Crippen LogP contribution in [-0.4, -0.2) is 9.55 Å². The second kappa shape index (κ2) is 6.03. The number of halogens is 1. The minimum absolute atomic E-state index is 0.00246. The normalized spacial score (nSPS) is 11.0. The van der Waals surface area contributed by atoms with Crippen molar-refractivity contribution in [2.75, 3.05) is 0 Å². The molecule has 21 heavy (non-hydrogen) atoms. The average molecular weight is 361 g/mol. The molecule has 0 spiro atoms. The molecule has 3 aromatic rings. The summed E-state index contributed by atoms with van der Waals surface area (Å²) < 4.78 is 2.67. The Morgan fingerprint density at radius 2 is 2.00 bits per heavy atom. The van der Waals surface area contributed by atoms with E-state index in [4.69, 9.17) is 0 Å². The number of nitrogens with zero attached hydrogens (tertiary/aromatic N) is 2. The van der Waals surface area contributed by atoms with E-state index in [0.717, 1.165) is 20.9 Å². The first-order chi connectivity index (χ1) is 10.1. The Kier molecular flexibility index (Phi) is 4.12. The number of hydrogen-bond acceptors (Lipinski definition) is 3. The van der Waals surface area contributed by atoms with Crippen LogP contribution in [-0.2, 0) is 12.8 Å². The molecule has 0 aliphatic carbocycles. The number of hydrogen-bond donors (Lipinski definition) is 0. The Hall–Kier alpha value is -1.59. The van der Waals surface area contributed by atoms with Gasteiger partial charge in [0, 0.05) is 17.3 Å². The summed E-state index contributed by atoms with van der Waals surface area (Å²) in [5.41, 5.74) is 1.94. The van der Waals surface area contributed by atoms with Crippen molar-refractivity contribution < 1.29 is 0 Å². The molecule has 2 aromatic carbocycles. The quantitative estimate of drug-likeness (QED) is 0.523. The summed E-state index contributed by atoms with van der Waals surface area (Å²) in [6, 6.07) is 15.6. The van der Waals surface area contributed by atoms with Crippen LogP contribution in [0.5, 0.6) is 0 Å². The summed E-state index contributed by atoms with van der Waals surface area (Å²) in [4.78, 5) is 16.9. The third-order valence-electron chi connectivity index (χ3n) is 3.20. The average Bonchev–Trinajstić information content (AvgIpc) is 2.50. The SMILES string of the molecule is Cn1c(SCc2cccc(Br)c2)nc2ccccc2c1=O. The van der Waals surface area contributed by atoms with Gasteiger partial charge in [0.05, 0.1) is 10.9 Å². The van der Waals surface area contributed by atoms with Crippen LogP contribution in [0.25, 0.3) is 10.9 Å². The molecule has 0 saturated carbocycles. The first-order valence-electron chi connectivity index (χ1n) is 6.48. The van der Waals surface area contributed by atoms with Gasteiger partial charge in [0.1, 0.15) is 0 Å². The van der Waals surface area contributed by atoms with Crippen molar-refractivity contribution in [3.8, 4) is 0 Å². The molecule has 5 heteroatoms. The lowest BCUT2D eigenvalue weighted by atomic mass is 10.2. The fourth-order valence-corrected chi connectivity index (χ4v) is 3.46. The molecule has 3 nitrogen and oxygen atoms in total. The van der Waals surface area contributed by atoms with Gasteiger partial charge in [0.25, 0.3) is 5.56 Å². The number of para-hydroxylation sites is 1. The molecule has 0 atom stereocenters. The van der Waals surface area contributed by atoms with E-state index in [-0.39, 0.29) is 5.56 Å². The van der Waals surface area contributed by atoms with Crippen LogP contribution in [0, 0.1) is 0 Å². The first-order valence-corrected chi connectivity index (χ1v) is 8.26. The van der Waals surface area contributed by atoms with E-state index in [1.54, 1.807) is 23.4 Å². The van der Waals surface area contributed by atoms with Crippen LogP contribution < -0.4 is 5.56 Å². The summed E-state index contributed by atoms with van der Waals surface area (Å²) in [6.45, 7) is 0. The van der Waals surface area contributed by atoms with Crippen LogP contribution in [0.1, 0.15) is 5.56 Å². The Balaban J connectivity index is 1.94. The minimum atomic E-state index is -0.00246. The van der Waals surface area contributed by atoms with E-state index in [9.17, 15) is 4.79 Å². The summed E-state index contributed by atoms with van der Waals surface area (Å²) in [6.07, 6.45) is 0. The van der Waals surface area contributed by atoms with Crippen LogP contribution >= 0.6 is 27.7 Å². The zero-order valence-electron chi connectivity index (χ0n) is 11.4. The van der Waals surface area contributed by atoms with Gasteiger partial charge in [-0.2, -0.15) is 0 Å². The molecule has 0 unspecified atom stereocenters. The molecule has 0 radical (unpaired) electrons. The van der Waals surface area contributed by atoms with Crippen molar-refractivity contribution in [1.29, 1.82) is 0 Å². The van der Waals surface area contributed by atoms with Crippen LogP contribution in [0.2, 0.25) is 0 Å². The van der Waals surface area contributed by atoms with Crippen molar-refractivity contribution in [2.45, 2.75) is 10.9 Å². The number of aromatic nitrogens is 2. The van der Waals surface area contributed by atoms with Gasteiger partial charge < -0.3 is 0 Å². The maximum absolute atomic E-state index is 12.3. The highest BCUT2D eigenvalue weighted by Gasteiger charge is 2.08. The Labute approximate surface area is 135 Å². The summed E-state index contributed by atoms with van der Waals surface area (Å²) in [7, 11) is 1.77. The second-order valence-corrected chi connectivity index (χ2v) is 6.55. The lowest BCUT2D eigenvalue weighted by molar-refractivity contribution is 0.726. The topological polar surface area (TPSA) is 34.9 Å². The van der Waals surface area contributed by atoms with E-state index in [1.807, 2.05) is 36.4 Å². The molecule has 0 aliphatic rings. The third kappa shape index (κ3) is 3.04. The maximum Gasteiger partial charge on any atom is 0.261 e. The number of fused-ring (bicyclic) bond motifs is 1. The van der Waals surface area contributed by atoms with Crippen molar-refractivity contribution in [3.05, 3.63) is 68.9 Å². The minimum Gasteiger partial charge on any atom is -0.290 e. The van der Waals surface area contributed by atoms with Gasteiger partial charge in [-0.15, -0.1) is 0 Å². The zero-order chi connectivity index (χ0) is 14.8. The first kappa shape index (κ1) is 14.4. The van der Waals surface area contributed by atoms with Crippen molar-refractivity contribution >= 4 is 38.6 Å². The van der Waals surface area contributed by atoms with Gasteiger partial charge in [-0.3, -0.25) is 9.36 Å². The Morgan fingerprint density at radius 1 is 1.19 bits per heavy atom. The summed E-state index contributed by atoms with van der Waals surface area (Å²) in [5.74, 6) is 0.776. The van der Waals surface area contributed by atoms with Crippen LogP contribution in [0.3, 0.4) is 0 Å². The monoisotopic (exact) mass is 360 g/mol. The van der Waals surface area contributed by atoms with E-state index >= 15 is 0 Å². The second-order valence-electron chi connectivity index (χ2n) is 4.69. The molecule has 0 aliphatic heterocycles. The highest BCUT2D eigenvalue weighted by Crippen LogP contribution is 2.23. The lowest BCUT2D eigenvalue weighted by Gasteiger charge is -2.08. The highest BCUT2D eigenvalue weighted by molar-refractivity contribution is 9.10. The van der Waals surface area contributed by atoms with Crippen LogP contribution in [0.15, 0.2) is 63.0 Å². The predicted molar refractivity (Wildman–Crippen MR) is 90.7 cm³/mol.